The summed E-state index contributed by atoms with van der Waals surface area (Å²) in [6.45, 7) is -1.65. The largest absolute Gasteiger partial charge is 0.445 e. The molecule has 0 aliphatic carbocycles. The summed E-state index contributed by atoms with van der Waals surface area (Å²) in [5.41, 5.74) is -0.738. The first-order valence-corrected chi connectivity index (χ1v) is 6.43. The van der Waals surface area contributed by atoms with E-state index in [0.29, 0.717) is 0 Å². The standard InChI is InChI=1S/C7H4Cl2F3OP/c8-14(9)13-6-3-1-5(2-4-6)7(10,11)12/h1-4H. The Kier molecular flexibility index (Phi) is 3.87. The average Bonchev–Trinajstić information content (AvgIpc) is 2.02. The Morgan fingerprint density at radius 3 is 1.93 bits per heavy atom. The lowest BCUT2D eigenvalue weighted by atomic mass is 10.2. The number of halogens is 5. The van der Waals surface area contributed by atoms with Crippen LogP contribution >= 0.6 is 29.3 Å². The van der Waals surface area contributed by atoms with Crippen LogP contribution in [-0.4, -0.2) is 0 Å². The van der Waals surface area contributed by atoms with E-state index >= 15 is 0 Å². The van der Waals surface area contributed by atoms with Gasteiger partial charge in [0.05, 0.1) is 5.56 Å². The van der Waals surface area contributed by atoms with E-state index in [0.717, 1.165) is 12.1 Å². The molecule has 1 aromatic carbocycles. The second-order valence-corrected chi connectivity index (χ2v) is 5.26. The lowest BCUT2D eigenvalue weighted by molar-refractivity contribution is -0.137. The van der Waals surface area contributed by atoms with Crippen molar-refractivity contribution < 1.29 is 17.7 Å². The Morgan fingerprint density at radius 1 is 1.07 bits per heavy atom. The van der Waals surface area contributed by atoms with Crippen LogP contribution in [0.5, 0.6) is 5.75 Å². The summed E-state index contributed by atoms with van der Waals surface area (Å²) < 4.78 is 41.1. The van der Waals surface area contributed by atoms with Crippen molar-refractivity contribution in [2.45, 2.75) is 6.18 Å². The van der Waals surface area contributed by atoms with Gasteiger partial charge in [-0.25, -0.2) is 0 Å². The van der Waals surface area contributed by atoms with Crippen molar-refractivity contribution in [3.8, 4) is 5.75 Å². The minimum Gasteiger partial charge on any atom is -0.445 e. The number of hydrogen-bond acceptors (Lipinski definition) is 1. The topological polar surface area (TPSA) is 9.23 Å². The van der Waals surface area contributed by atoms with Gasteiger partial charge < -0.3 is 4.52 Å². The number of alkyl halides is 3. The van der Waals surface area contributed by atoms with Gasteiger partial charge in [0.25, 0.3) is 6.85 Å². The van der Waals surface area contributed by atoms with Crippen molar-refractivity contribution in [1.29, 1.82) is 0 Å². The Morgan fingerprint density at radius 2 is 1.57 bits per heavy atom. The molecule has 1 nitrogen and oxygen atoms in total. The summed E-state index contributed by atoms with van der Waals surface area (Å²) in [5, 5.41) is 0. The van der Waals surface area contributed by atoms with Gasteiger partial charge in [-0.1, -0.05) is 0 Å². The molecule has 1 aromatic rings. The zero-order chi connectivity index (χ0) is 10.8. The van der Waals surface area contributed by atoms with Gasteiger partial charge in [-0.05, 0) is 46.7 Å². The lowest BCUT2D eigenvalue weighted by Crippen LogP contribution is -2.03. The van der Waals surface area contributed by atoms with Gasteiger partial charge >= 0.3 is 6.18 Å². The Bertz CT molecular complexity index is 299. The third-order valence-corrected chi connectivity index (χ3v) is 2.12. The van der Waals surface area contributed by atoms with E-state index in [-0.39, 0.29) is 5.75 Å². The lowest BCUT2D eigenvalue weighted by Gasteiger charge is -2.08. The predicted molar refractivity (Wildman–Crippen MR) is 50.7 cm³/mol. The Hall–Kier alpha value is -0.180. The second-order valence-electron chi connectivity index (χ2n) is 2.32. The second kappa shape index (κ2) is 4.56. The molecule has 78 valence electrons. The third-order valence-electron chi connectivity index (χ3n) is 1.36. The van der Waals surface area contributed by atoms with E-state index in [9.17, 15) is 13.2 Å². The zero-order valence-electron chi connectivity index (χ0n) is 6.55. The molecule has 0 radical (unpaired) electrons. The molecule has 0 N–H and O–H groups in total. The highest BCUT2D eigenvalue weighted by Crippen LogP contribution is 2.48. The van der Waals surface area contributed by atoms with Crippen molar-refractivity contribution in [2.24, 2.45) is 0 Å². The smallest absolute Gasteiger partial charge is 0.416 e. The molecule has 0 amide bonds. The minimum absolute atomic E-state index is 0.217. The molecular formula is C7H4Cl2F3OP. The van der Waals surface area contributed by atoms with Crippen molar-refractivity contribution in [3.63, 3.8) is 0 Å². The van der Waals surface area contributed by atoms with Crippen molar-refractivity contribution in [1.82, 2.24) is 0 Å². The fourth-order valence-corrected chi connectivity index (χ4v) is 1.54. The van der Waals surface area contributed by atoms with Crippen LogP contribution in [0.25, 0.3) is 0 Å². The molecule has 7 heteroatoms. The first-order chi connectivity index (χ1) is 6.39. The number of rotatable bonds is 2. The maximum absolute atomic E-state index is 12.1. The maximum atomic E-state index is 12.1. The third kappa shape index (κ3) is 3.52. The van der Waals surface area contributed by atoms with Crippen LogP contribution in [0.1, 0.15) is 5.56 Å². The van der Waals surface area contributed by atoms with Crippen LogP contribution in [-0.2, 0) is 6.18 Å². The molecule has 14 heavy (non-hydrogen) atoms. The normalized spacial score (nSPS) is 11.9. The first-order valence-electron chi connectivity index (χ1n) is 3.36. The van der Waals surface area contributed by atoms with Gasteiger partial charge in [-0.15, -0.1) is 0 Å². The van der Waals surface area contributed by atoms with Crippen LogP contribution in [0.3, 0.4) is 0 Å². The molecular weight excluding hydrogens is 259 g/mol. The molecule has 0 saturated carbocycles. The zero-order valence-corrected chi connectivity index (χ0v) is 8.96. The molecule has 0 saturated heterocycles. The van der Waals surface area contributed by atoms with Crippen molar-refractivity contribution in [3.05, 3.63) is 29.8 Å². The molecule has 0 atom stereocenters. The van der Waals surface area contributed by atoms with E-state index in [1.54, 1.807) is 0 Å². The molecule has 0 aliphatic heterocycles. The van der Waals surface area contributed by atoms with Gasteiger partial charge in [-0.3, -0.25) is 0 Å². The van der Waals surface area contributed by atoms with Crippen LogP contribution in [0, 0.1) is 0 Å². The highest BCUT2D eigenvalue weighted by Gasteiger charge is 2.30. The summed E-state index contributed by atoms with van der Waals surface area (Å²) >= 11 is 10.7. The Balaban J connectivity index is 2.79. The highest BCUT2D eigenvalue weighted by molar-refractivity contribution is 8.00. The van der Waals surface area contributed by atoms with Crippen molar-refractivity contribution >= 4 is 29.3 Å². The molecule has 0 spiro atoms. The van der Waals surface area contributed by atoms with E-state index in [2.05, 4.69) is 0 Å². The average molecular weight is 263 g/mol. The Labute approximate surface area is 89.2 Å². The SMILES string of the molecule is FC(F)(F)c1ccc(OP(Cl)Cl)cc1. The van der Waals surface area contributed by atoms with Crippen LogP contribution in [0.2, 0.25) is 0 Å². The predicted octanol–water partition coefficient (Wildman–Crippen LogP) is 4.79. The number of benzene rings is 1. The van der Waals surface area contributed by atoms with Crippen molar-refractivity contribution in [2.75, 3.05) is 0 Å². The molecule has 0 unspecified atom stereocenters. The molecule has 0 heterocycles. The van der Waals surface area contributed by atoms with Crippen LogP contribution < -0.4 is 4.52 Å². The van der Waals surface area contributed by atoms with Gasteiger partial charge in [0.15, 0.2) is 0 Å². The van der Waals surface area contributed by atoms with Crippen LogP contribution in [0.15, 0.2) is 24.3 Å². The first kappa shape index (κ1) is 11.9. The van der Waals surface area contributed by atoms with E-state index < -0.39 is 18.6 Å². The summed E-state index contributed by atoms with van der Waals surface area (Å²) in [4.78, 5) is 0. The summed E-state index contributed by atoms with van der Waals surface area (Å²) in [5.74, 6) is 0.217. The summed E-state index contributed by atoms with van der Waals surface area (Å²) in [6, 6.07) is 4.15. The fourth-order valence-electron chi connectivity index (χ4n) is 0.784. The quantitative estimate of drug-likeness (QED) is 0.697. The molecule has 0 aliphatic rings. The summed E-state index contributed by atoms with van der Waals surface area (Å²) in [6.07, 6.45) is -4.34. The van der Waals surface area contributed by atoms with Gasteiger partial charge in [0.1, 0.15) is 5.75 Å². The summed E-state index contributed by atoms with van der Waals surface area (Å²) in [7, 11) is 0. The van der Waals surface area contributed by atoms with Gasteiger partial charge in [0.2, 0.25) is 0 Å². The van der Waals surface area contributed by atoms with Crippen LogP contribution in [0.4, 0.5) is 13.2 Å². The van der Waals surface area contributed by atoms with Gasteiger partial charge in [0, 0.05) is 0 Å². The molecule has 0 bridgehead atoms. The molecule has 0 aromatic heterocycles. The molecule has 0 fully saturated rings. The monoisotopic (exact) mass is 262 g/mol. The van der Waals surface area contributed by atoms with Gasteiger partial charge in [-0.2, -0.15) is 13.2 Å². The molecule has 1 rings (SSSR count). The number of hydrogen-bond donors (Lipinski definition) is 0. The highest BCUT2D eigenvalue weighted by atomic mass is 35.9. The van der Waals surface area contributed by atoms with E-state index in [1.807, 2.05) is 0 Å². The fraction of sp³-hybridized carbons (Fsp3) is 0.143. The van der Waals surface area contributed by atoms with E-state index in [1.165, 1.54) is 12.1 Å². The minimum atomic E-state index is -4.34. The van der Waals surface area contributed by atoms with E-state index in [4.69, 9.17) is 27.0 Å². The maximum Gasteiger partial charge on any atom is 0.416 e.